The molecule has 112 valence electrons. The highest BCUT2D eigenvalue weighted by molar-refractivity contribution is 6.02. The average molecular weight is 287 g/mol. The summed E-state index contributed by atoms with van der Waals surface area (Å²) in [6.45, 7) is 6.43. The van der Waals surface area contributed by atoms with Crippen molar-refractivity contribution in [3.8, 4) is 0 Å². The van der Waals surface area contributed by atoms with Gasteiger partial charge in [0.2, 0.25) is 0 Å². The second-order valence-electron chi connectivity index (χ2n) is 4.64. The monoisotopic (exact) mass is 287 g/mol. The van der Waals surface area contributed by atoms with E-state index in [9.17, 15) is 4.79 Å². The van der Waals surface area contributed by atoms with Crippen molar-refractivity contribution in [3.05, 3.63) is 47.9 Å². The number of hydrogen-bond acceptors (Lipinski definition) is 4. The zero-order valence-electron chi connectivity index (χ0n) is 12.4. The smallest absolute Gasteiger partial charge is 0.291 e. The van der Waals surface area contributed by atoms with E-state index in [4.69, 9.17) is 10.2 Å². The van der Waals surface area contributed by atoms with Gasteiger partial charge in [0.15, 0.2) is 5.76 Å². The third-order valence-corrected chi connectivity index (χ3v) is 3.34. The quantitative estimate of drug-likeness (QED) is 0.857. The van der Waals surface area contributed by atoms with Gasteiger partial charge in [-0.1, -0.05) is 0 Å². The normalized spacial score (nSPS) is 10.4. The third-order valence-electron chi connectivity index (χ3n) is 3.34. The Bertz CT molecular complexity index is 586. The number of nitrogens with zero attached hydrogens (tertiary/aromatic N) is 1. The van der Waals surface area contributed by atoms with Gasteiger partial charge in [0, 0.05) is 24.5 Å². The van der Waals surface area contributed by atoms with Gasteiger partial charge in [-0.05, 0) is 50.2 Å². The highest BCUT2D eigenvalue weighted by Gasteiger charge is 2.11. The molecule has 0 bridgehead atoms. The molecule has 5 nitrogen and oxygen atoms in total. The molecule has 1 aromatic carbocycles. The van der Waals surface area contributed by atoms with Gasteiger partial charge in [0.1, 0.15) is 5.76 Å². The van der Waals surface area contributed by atoms with Crippen LogP contribution in [0.15, 0.2) is 40.8 Å². The lowest BCUT2D eigenvalue weighted by Gasteiger charge is -2.21. The summed E-state index contributed by atoms with van der Waals surface area (Å²) in [5.41, 5.74) is 7.33. The molecule has 0 saturated heterocycles. The van der Waals surface area contributed by atoms with Crippen LogP contribution in [-0.4, -0.2) is 19.0 Å². The molecule has 0 radical (unpaired) electrons. The van der Waals surface area contributed by atoms with E-state index in [0.717, 1.165) is 24.5 Å². The van der Waals surface area contributed by atoms with Crippen molar-refractivity contribution in [1.29, 1.82) is 0 Å². The number of benzene rings is 1. The third kappa shape index (κ3) is 3.64. The number of carbonyl (C=O) groups excluding carboxylic acids is 1. The maximum Gasteiger partial charge on any atom is 0.291 e. The molecule has 0 spiro atoms. The highest BCUT2D eigenvalue weighted by Crippen LogP contribution is 2.18. The molecule has 0 aliphatic heterocycles. The molecule has 5 heteroatoms. The fourth-order valence-electron chi connectivity index (χ4n) is 2.15. The first-order valence-electron chi connectivity index (χ1n) is 7.13. The van der Waals surface area contributed by atoms with E-state index >= 15 is 0 Å². The Balaban J connectivity index is 2.04. The van der Waals surface area contributed by atoms with Gasteiger partial charge in [0.05, 0.1) is 6.54 Å². The van der Waals surface area contributed by atoms with Crippen LogP contribution in [0.4, 0.5) is 11.4 Å². The summed E-state index contributed by atoms with van der Waals surface area (Å²) in [6, 6.07) is 11.1. The lowest BCUT2D eigenvalue weighted by Crippen LogP contribution is -2.21. The topological polar surface area (TPSA) is 71.5 Å². The van der Waals surface area contributed by atoms with Crippen molar-refractivity contribution in [2.45, 2.75) is 20.4 Å². The summed E-state index contributed by atoms with van der Waals surface area (Å²) in [5, 5.41) is 2.81. The number of nitrogens with two attached hydrogens (primary N) is 1. The van der Waals surface area contributed by atoms with Crippen LogP contribution >= 0.6 is 0 Å². The van der Waals surface area contributed by atoms with E-state index < -0.39 is 0 Å². The van der Waals surface area contributed by atoms with Gasteiger partial charge in [-0.3, -0.25) is 4.79 Å². The molecule has 0 atom stereocenters. The van der Waals surface area contributed by atoms with Crippen LogP contribution in [0.2, 0.25) is 0 Å². The molecule has 0 saturated carbocycles. The first-order valence-corrected chi connectivity index (χ1v) is 7.13. The number of rotatable bonds is 6. The summed E-state index contributed by atoms with van der Waals surface area (Å²) in [4.78, 5) is 14.3. The summed E-state index contributed by atoms with van der Waals surface area (Å²) < 4.78 is 5.32. The van der Waals surface area contributed by atoms with Crippen LogP contribution < -0.4 is 16.0 Å². The Morgan fingerprint density at radius 3 is 2.33 bits per heavy atom. The molecular formula is C16H21N3O2. The SMILES string of the molecule is CCN(CC)c1ccc(NC(=O)c2ccc(CN)o2)cc1. The molecule has 0 unspecified atom stereocenters. The van der Waals surface area contributed by atoms with Gasteiger partial charge in [0.25, 0.3) is 5.91 Å². The Morgan fingerprint density at radius 1 is 1.14 bits per heavy atom. The Morgan fingerprint density at radius 2 is 1.81 bits per heavy atom. The maximum absolute atomic E-state index is 12.0. The van der Waals surface area contributed by atoms with Crippen LogP contribution in [0, 0.1) is 0 Å². The first-order chi connectivity index (χ1) is 10.2. The molecule has 21 heavy (non-hydrogen) atoms. The van der Waals surface area contributed by atoms with Crippen LogP contribution in [-0.2, 0) is 6.54 Å². The number of anilines is 2. The van der Waals surface area contributed by atoms with Crippen LogP contribution in [0.25, 0.3) is 0 Å². The largest absolute Gasteiger partial charge is 0.455 e. The number of furan rings is 1. The van der Waals surface area contributed by atoms with Gasteiger partial charge in [-0.25, -0.2) is 0 Å². The standard InChI is InChI=1S/C16H21N3O2/c1-3-19(4-2)13-7-5-12(6-8-13)18-16(20)15-10-9-14(11-17)21-15/h5-10H,3-4,11,17H2,1-2H3,(H,18,20). The van der Waals surface area contributed by atoms with Crippen molar-refractivity contribution in [2.24, 2.45) is 5.73 Å². The van der Waals surface area contributed by atoms with Gasteiger partial charge >= 0.3 is 0 Å². The second-order valence-corrected chi connectivity index (χ2v) is 4.64. The van der Waals surface area contributed by atoms with E-state index in [1.807, 2.05) is 24.3 Å². The van der Waals surface area contributed by atoms with Gasteiger partial charge in [-0.15, -0.1) is 0 Å². The summed E-state index contributed by atoms with van der Waals surface area (Å²) in [7, 11) is 0. The minimum Gasteiger partial charge on any atom is -0.455 e. The van der Waals surface area contributed by atoms with Crippen molar-refractivity contribution in [1.82, 2.24) is 0 Å². The molecule has 1 aromatic heterocycles. The summed E-state index contributed by atoms with van der Waals surface area (Å²) in [5.74, 6) is 0.589. The van der Waals surface area contributed by atoms with Crippen molar-refractivity contribution < 1.29 is 9.21 Å². The number of hydrogen-bond donors (Lipinski definition) is 2. The Labute approximate surface area is 124 Å². The number of nitrogens with one attached hydrogen (secondary N) is 1. The molecule has 2 rings (SSSR count). The molecular weight excluding hydrogens is 266 g/mol. The predicted octanol–water partition coefficient (Wildman–Crippen LogP) is 2.84. The maximum atomic E-state index is 12.0. The zero-order valence-corrected chi connectivity index (χ0v) is 12.4. The van der Waals surface area contributed by atoms with E-state index in [0.29, 0.717) is 5.76 Å². The van der Waals surface area contributed by atoms with Crippen molar-refractivity contribution in [3.63, 3.8) is 0 Å². The van der Waals surface area contributed by atoms with Crippen LogP contribution in [0.1, 0.15) is 30.2 Å². The predicted molar refractivity (Wildman–Crippen MR) is 84.6 cm³/mol. The molecule has 0 aliphatic rings. The molecule has 2 aromatic rings. The summed E-state index contributed by atoms with van der Waals surface area (Å²) in [6.07, 6.45) is 0. The minimum absolute atomic E-state index is 0.267. The summed E-state index contributed by atoms with van der Waals surface area (Å²) >= 11 is 0. The van der Waals surface area contributed by atoms with Gasteiger partial charge < -0.3 is 20.4 Å². The molecule has 0 aliphatic carbocycles. The van der Waals surface area contributed by atoms with E-state index in [-0.39, 0.29) is 18.2 Å². The molecule has 3 N–H and O–H groups in total. The Kier molecular flexibility index (Phi) is 5.00. The zero-order chi connectivity index (χ0) is 15.2. The Hall–Kier alpha value is -2.27. The lowest BCUT2D eigenvalue weighted by molar-refractivity contribution is 0.0995. The van der Waals surface area contributed by atoms with E-state index in [1.54, 1.807) is 12.1 Å². The first kappa shape index (κ1) is 15.1. The average Bonchev–Trinajstić information content (AvgIpc) is 2.99. The molecule has 1 amide bonds. The highest BCUT2D eigenvalue weighted by atomic mass is 16.4. The van der Waals surface area contributed by atoms with Gasteiger partial charge in [-0.2, -0.15) is 0 Å². The number of amides is 1. The van der Waals surface area contributed by atoms with E-state index in [2.05, 4.69) is 24.1 Å². The minimum atomic E-state index is -0.273. The van der Waals surface area contributed by atoms with Crippen molar-refractivity contribution >= 4 is 17.3 Å². The molecule has 1 heterocycles. The second kappa shape index (κ2) is 6.95. The van der Waals surface area contributed by atoms with Crippen molar-refractivity contribution in [2.75, 3.05) is 23.3 Å². The van der Waals surface area contributed by atoms with E-state index in [1.165, 1.54) is 0 Å². The number of carbonyl (C=O) groups is 1. The fraction of sp³-hybridized carbons (Fsp3) is 0.312. The van der Waals surface area contributed by atoms with Crippen LogP contribution in [0.5, 0.6) is 0 Å². The molecule has 0 fully saturated rings. The van der Waals surface area contributed by atoms with Crippen LogP contribution in [0.3, 0.4) is 0 Å². The lowest BCUT2D eigenvalue weighted by atomic mass is 10.2. The fourth-order valence-corrected chi connectivity index (χ4v) is 2.15.